The van der Waals surface area contributed by atoms with Gasteiger partial charge in [-0.05, 0) is 19.6 Å². The van der Waals surface area contributed by atoms with Gasteiger partial charge in [0.25, 0.3) is 0 Å². The van der Waals surface area contributed by atoms with Crippen molar-refractivity contribution in [1.82, 2.24) is 0 Å². The van der Waals surface area contributed by atoms with Gasteiger partial charge in [0.15, 0.2) is 0 Å². The molecule has 0 aromatic heterocycles. The Morgan fingerprint density at radius 3 is 2.08 bits per heavy atom. The Hall–Kier alpha value is 0.211. The molecule has 0 fully saturated rings. The number of rotatable bonds is 3. The molecular formula is C9H14LiOSi2. The Labute approximate surface area is 96.1 Å². The second-order valence-corrected chi connectivity index (χ2v) is 9.51. The van der Waals surface area contributed by atoms with Crippen LogP contribution in [0.25, 0.3) is 0 Å². The first-order chi connectivity index (χ1) is 5.58. The molecule has 0 spiro atoms. The SMILES string of the molecule is C[Si](C)(C)O[Si-]c1ccccc1.[Li+]. The van der Waals surface area contributed by atoms with Crippen molar-refractivity contribution in [3.8, 4) is 0 Å². The van der Waals surface area contributed by atoms with Crippen LogP contribution in [0.4, 0.5) is 0 Å². The fourth-order valence-corrected chi connectivity index (χ4v) is 2.74. The van der Waals surface area contributed by atoms with Crippen molar-refractivity contribution in [3.63, 3.8) is 0 Å². The minimum atomic E-state index is -1.33. The first-order valence-corrected chi connectivity index (χ1v) is 8.39. The average molecular weight is 201 g/mol. The van der Waals surface area contributed by atoms with Crippen molar-refractivity contribution in [1.29, 1.82) is 0 Å². The molecule has 4 heteroatoms. The Kier molecular flexibility index (Phi) is 5.94. The third-order valence-corrected chi connectivity index (χ3v) is 4.68. The zero-order valence-electron chi connectivity index (χ0n) is 8.79. The van der Waals surface area contributed by atoms with Crippen LogP contribution in [0.5, 0.6) is 0 Å². The maximum atomic E-state index is 5.78. The predicted molar refractivity (Wildman–Crippen MR) is 56.3 cm³/mol. The van der Waals surface area contributed by atoms with E-state index >= 15 is 0 Å². The first kappa shape index (κ1) is 13.2. The van der Waals surface area contributed by atoms with Gasteiger partial charge in [0, 0.05) is 0 Å². The predicted octanol–water partition coefficient (Wildman–Crippen LogP) is -1.21. The molecule has 0 unspecified atom stereocenters. The van der Waals surface area contributed by atoms with E-state index < -0.39 is 8.32 Å². The van der Waals surface area contributed by atoms with E-state index in [2.05, 4.69) is 43.9 Å². The van der Waals surface area contributed by atoms with Gasteiger partial charge in [0.1, 0.15) is 8.32 Å². The second kappa shape index (κ2) is 5.84. The Balaban J connectivity index is 0.00000144. The van der Waals surface area contributed by atoms with Gasteiger partial charge < -0.3 is 4.12 Å². The van der Waals surface area contributed by atoms with Crippen LogP contribution < -0.4 is 24.0 Å². The molecule has 0 aliphatic rings. The van der Waals surface area contributed by atoms with Gasteiger partial charge in [-0.2, -0.15) is 5.19 Å². The van der Waals surface area contributed by atoms with Crippen LogP contribution in [-0.4, -0.2) is 18.1 Å². The van der Waals surface area contributed by atoms with E-state index in [4.69, 9.17) is 4.12 Å². The van der Waals surface area contributed by atoms with Gasteiger partial charge in [-0.25, -0.2) is 0 Å². The van der Waals surface area contributed by atoms with Gasteiger partial charge in [0.2, 0.25) is 0 Å². The van der Waals surface area contributed by atoms with Crippen LogP contribution >= 0.6 is 0 Å². The van der Waals surface area contributed by atoms with E-state index in [9.17, 15) is 0 Å². The molecule has 0 saturated heterocycles. The van der Waals surface area contributed by atoms with Crippen LogP contribution in [0, 0.1) is 0 Å². The summed E-state index contributed by atoms with van der Waals surface area (Å²) in [5.41, 5.74) is 0. The molecule has 0 aliphatic carbocycles. The molecule has 65 valence electrons. The molecule has 0 amide bonds. The van der Waals surface area contributed by atoms with Crippen LogP contribution in [0.15, 0.2) is 30.3 Å². The van der Waals surface area contributed by atoms with Crippen LogP contribution in [0.1, 0.15) is 0 Å². The third-order valence-electron chi connectivity index (χ3n) is 1.25. The van der Waals surface area contributed by atoms with Gasteiger partial charge in [-0.1, -0.05) is 30.3 Å². The topological polar surface area (TPSA) is 9.23 Å². The summed E-state index contributed by atoms with van der Waals surface area (Å²) in [6.45, 7) is 6.63. The summed E-state index contributed by atoms with van der Waals surface area (Å²) in [5, 5.41) is 1.29. The molecule has 1 aromatic carbocycles. The third kappa shape index (κ3) is 6.30. The van der Waals surface area contributed by atoms with Crippen molar-refractivity contribution in [2.24, 2.45) is 0 Å². The van der Waals surface area contributed by atoms with Crippen molar-refractivity contribution >= 4 is 23.3 Å². The quantitative estimate of drug-likeness (QED) is 0.558. The zero-order valence-corrected chi connectivity index (χ0v) is 10.8. The largest absolute Gasteiger partial charge is 1.00 e. The van der Waals surface area contributed by atoms with Gasteiger partial charge in [-0.3, -0.25) is 9.76 Å². The molecule has 0 bridgehead atoms. The maximum Gasteiger partial charge on any atom is 1.00 e. The minimum Gasteiger partial charge on any atom is -0.632 e. The molecule has 0 N–H and O–H groups in total. The van der Waals surface area contributed by atoms with Crippen molar-refractivity contribution in [2.75, 3.05) is 0 Å². The van der Waals surface area contributed by atoms with E-state index in [1.165, 1.54) is 5.19 Å². The fraction of sp³-hybridized carbons (Fsp3) is 0.333. The molecule has 0 aliphatic heterocycles. The monoisotopic (exact) mass is 201 g/mol. The van der Waals surface area contributed by atoms with Crippen LogP contribution in [0.3, 0.4) is 0 Å². The molecule has 1 rings (SSSR count). The molecule has 13 heavy (non-hydrogen) atoms. The van der Waals surface area contributed by atoms with E-state index in [0.717, 1.165) is 0 Å². The summed E-state index contributed by atoms with van der Waals surface area (Å²) in [5.74, 6) is 0. The van der Waals surface area contributed by atoms with Crippen molar-refractivity contribution in [2.45, 2.75) is 19.6 Å². The normalized spacial score (nSPS) is 10.4. The van der Waals surface area contributed by atoms with E-state index in [0.29, 0.717) is 9.76 Å². The molecular weight excluding hydrogens is 187 g/mol. The number of hydrogen-bond donors (Lipinski definition) is 0. The second-order valence-electron chi connectivity index (χ2n) is 3.68. The minimum absolute atomic E-state index is 0. The maximum absolute atomic E-state index is 5.78. The smallest absolute Gasteiger partial charge is 0.632 e. The van der Waals surface area contributed by atoms with Gasteiger partial charge >= 0.3 is 18.9 Å². The summed E-state index contributed by atoms with van der Waals surface area (Å²) < 4.78 is 5.78. The molecule has 1 nitrogen and oxygen atoms in total. The van der Waals surface area contributed by atoms with E-state index in [1.807, 2.05) is 6.07 Å². The van der Waals surface area contributed by atoms with Gasteiger partial charge in [0.05, 0.1) is 0 Å². The van der Waals surface area contributed by atoms with Crippen molar-refractivity contribution < 1.29 is 23.0 Å². The Bertz CT molecular complexity index is 233. The molecule has 1 aromatic rings. The Morgan fingerprint density at radius 2 is 1.62 bits per heavy atom. The summed E-state index contributed by atoms with van der Waals surface area (Å²) in [7, 11) is -0.810. The summed E-state index contributed by atoms with van der Waals surface area (Å²) >= 11 is 0. The van der Waals surface area contributed by atoms with E-state index in [-0.39, 0.29) is 18.9 Å². The first-order valence-electron chi connectivity index (χ1n) is 4.07. The average Bonchev–Trinajstić information content (AvgIpc) is 2.02. The standard InChI is InChI=1S/C9H14OSi2.Li/c1-12(2,3)10-11-9-7-5-4-6-8-9;/h4-8H,1-3H3;/q-1;+1. The summed E-state index contributed by atoms with van der Waals surface area (Å²) in [4.78, 5) is 0. The van der Waals surface area contributed by atoms with Crippen LogP contribution in [-0.2, 0) is 4.12 Å². The molecule has 0 saturated carbocycles. The zero-order chi connectivity index (χ0) is 9.03. The molecule has 1 radical (unpaired) electrons. The number of benzene rings is 1. The van der Waals surface area contributed by atoms with Crippen LogP contribution in [0.2, 0.25) is 19.6 Å². The number of hydrogen-bond acceptors (Lipinski definition) is 1. The summed E-state index contributed by atoms with van der Waals surface area (Å²) in [6.07, 6.45) is 0. The van der Waals surface area contributed by atoms with E-state index in [1.54, 1.807) is 0 Å². The van der Waals surface area contributed by atoms with Crippen molar-refractivity contribution in [3.05, 3.63) is 30.3 Å². The summed E-state index contributed by atoms with van der Waals surface area (Å²) in [6, 6.07) is 10.4. The Morgan fingerprint density at radius 1 is 1.08 bits per heavy atom. The molecule has 0 atom stereocenters. The van der Waals surface area contributed by atoms with Gasteiger partial charge in [-0.15, -0.1) is 0 Å². The molecule has 0 heterocycles. The fourth-order valence-electron chi connectivity index (χ4n) is 0.718.